The molecule has 8 atom stereocenters. The average Bonchev–Trinajstić information content (AvgIpc) is 3.19. The number of aliphatic hydroxyl groups is 1. The summed E-state index contributed by atoms with van der Waals surface area (Å²) in [6.45, 7) is 14.2. The lowest BCUT2D eigenvalue weighted by Crippen LogP contribution is -2.80. The van der Waals surface area contributed by atoms with Gasteiger partial charge in [0.1, 0.15) is 18.5 Å². The molecule has 3 saturated heterocycles. The minimum absolute atomic E-state index is 0.0635. The van der Waals surface area contributed by atoms with E-state index in [0.29, 0.717) is 11.9 Å². The number of aldehydes is 1. The number of rotatable bonds is 9. The zero-order valence-electron chi connectivity index (χ0n) is 27.5. The van der Waals surface area contributed by atoms with Crippen LogP contribution in [0, 0.1) is 16.7 Å². The van der Waals surface area contributed by atoms with Gasteiger partial charge in [0, 0.05) is 18.8 Å². The fourth-order valence-electron chi connectivity index (χ4n) is 8.54. The number of allylic oxidation sites excluding steroid dienone is 1. The van der Waals surface area contributed by atoms with Crippen LogP contribution in [0.2, 0.25) is 18.1 Å². The van der Waals surface area contributed by atoms with E-state index in [9.17, 15) is 19.5 Å². The molecule has 1 aromatic rings. The molecule has 5 rings (SSSR count). The summed E-state index contributed by atoms with van der Waals surface area (Å²) in [4.78, 5) is 54.1. The second-order valence-electron chi connectivity index (χ2n) is 13.8. The molecule has 1 aromatic carbocycles. The van der Waals surface area contributed by atoms with Crippen LogP contribution >= 0.6 is 0 Å². The SMILES string of the molecule is CC[Si](CC)(CC)O[C@H]1C[C@H]2OC[C@@]2(OC(C)=O)C2C(OC(=O)c3ccccc3)[C@@]3(O)O[C@@H](C(=O)[C@@]21C)/C(=C(\C)C=O)C3(C)C. The molecule has 45 heavy (non-hydrogen) atoms. The molecule has 0 aromatic heterocycles. The van der Waals surface area contributed by atoms with Crippen molar-refractivity contribution in [1.82, 2.24) is 0 Å². The lowest BCUT2D eigenvalue weighted by molar-refractivity contribution is -0.355. The minimum Gasteiger partial charge on any atom is -0.453 e. The third kappa shape index (κ3) is 4.72. The number of ether oxygens (including phenoxy) is 4. The highest BCUT2D eigenvalue weighted by molar-refractivity contribution is 6.73. The van der Waals surface area contributed by atoms with Gasteiger partial charge in [0.2, 0.25) is 5.79 Å². The number of hydrogen-bond donors (Lipinski definition) is 1. The van der Waals surface area contributed by atoms with Crippen LogP contribution in [0.15, 0.2) is 41.5 Å². The molecule has 0 amide bonds. The Morgan fingerprint density at radius 3 is 2.20 bits per heavy atom. The van der Waals surface area contributed by atoms with Gasteiger partial charge in [-0.25, -0.2) is 4.79 Å². The molecule has 1 saturated carbocycles. The van der Waals surface area contributed by atoms with Crippen molar-refractivity contribution in [2.75, 3.05) is 6.61 Å². The molecule has 0 spiro atoms. The van der Waals surface area contributed by atoms with E-state index in [0.717, 1.165) is 18.1 Å². The zero-order chi connectivity index (χ0) is 33.2. The number of fused-ring (bicyclic) bond motifs is 5. The first kappa shape index (κ1) is 33.7. The molecule has 246 valence electrons. The Labute approximate surface area is 265 Å². The third-order valence-corrected chi connectivity index (χ3v) is 16.1. The monoisotopic (exact) mass is 642 g/mol. The first-order chi connectivity index (χ1) is 21.1. The van der Waals surface area contributed by atoms with Gasteiger partial charge in [-0.15, -0.1) is 0 Å². The van der Waals surface area contributed by atoms with Crippen LogP contribution in [-0.2, 0) is 37.8 Å². The summed E-state index contributed by atoms with van der Waals surface area (Å²) in [5, 5.41) is 12.8. The van der Waals surface area contributed by atoms with E-state index >= 15 is 4.79 Å². The summed E-state index contributed by atoms with van der Waals surface area (Å²) in [5.41, 5.74) is -3.49. The van der Waals surface area contributed by atoms with E-state index in [1.54, 1.807) is 58.0 Å². The van der Waals surface area contributed by atoms with Crippen molar-refractivity contribution in [2.45, 2.75) is 116 Å². The van der Waals surface area contributed by atoms with Gasteiger partial charge in [-0.05, 0) is 55.3 Å². The highest BCUT2D eigenvalue weighted by atomic mass is 28.4. The Morgan fingerprint density at radius 2 is 1.69 bits per heavy atom. The molecule has 11 heteroatoms. The number of esters is 2. The van der Waals surface area contributed by atoms with E-state index in [4.69, 9.17) is 23.4 Å². The average molecular weight is 643 g/mol. The zero-order valence-corrected chi connectivity index (χ0v) is 28.5. The summed E-state index contributed by atoms with van der Waals surface area (Å²) < 4.78 is 32.0. The van der Waals surface area contributed by atoms with E-state index in [1.165, 1.54) is 6.92 Å². The molecule has 0 radical (unpaired) electrons. The molecular weight excluding hydrogens is 596 g/mol. The maximum Gasteiger partial charge on any atom is 0.338 e. The molecule has 1 N–H and O–H groups in total. The van der Waals surface area contributed by atoms with E-state index < -0.39 is 78.6 Å². The number of carbonyl (C=O) groups excluding carboxylic acids is 4. The van der Waals surface area contributed by atoms with E-state index in [2.05, 4.69) is 20.8 Å². The molecule has 3 aliphatic heterocycles. The van der Waals surface area contributed by atoms with Crippen LogP contribution in [0.5, 0.6) is 0 Å². The second-order valence-corrected chi connectivity index (χ2v) is 18.5. The van der Waals surface area contributed by atoms with Crippen molar-refractivity contribution in [1.29, 1.82) is 0 Å². The summed E-state index contributed by atoms with van der Waals surface area (Å²) in [7, 11) is -2.37. The Kier molecular flexibility index (Phi) is 8.62. The van der Waals surface area contributed by atoms with Crippen molar-refractivity contribution >= 4 is 32.3 Å². The van der Waals surface area contributed by atoms with Gasteiger partial charge in [-0.1, -0.05) is 52.8 Å². The first-order valence-electron chi connectivity index (χ1n) is 16.0. The summed E-state index contributed by atoms with van der Waals surface area (Å²) in [6.07, 6.45) is -3.38. The van der Waals surface area contributed by atoms with Crippen molar-refractivity contribution in [2.24, 2.45) is 16.7 Å². The second kappa shape index (κ2) is 11.5. The van der Waals surface area contributed by atoms with Crippen LogP contribution in [-0.4, -0.2) is 79.8 Å². The first-order valence-corrected chi connectivity index (χ1v) is 18.5. The molecule has 2 bridgehead atoms. The quantitative estimate of drug-likeness (QED) is 0.177. The van der Waals surface area contributed by atoms with Gasteiger partial charge in [-0.2, -0.15) is 0 Å². The fourth-order valence-corrected chi connectivity index (χ4v) is 11.5. The molecule has 2 unspecified atom stereocenters. The lowest BCUT2D eigenvalue weighted by Gasteiger charge is -2.65. The third-order valence-electron chi connectivity index (χ3n) is 11.4. The Bertz CT molecular complexity index is 1390. The van der Waals surface area contributed by atoms with Gasteiger partial charge >= 0.3 is 11.9 Å². The normalized spacial score (nSPS) is 37.8. The van der Waals surface area contributed by atoms with Crippen LogP contribution in [0.4, 0.5) is 0 Å². The van der Waals surface area contributed by atoms with Crippen LogP contribution in [0.3, 0.4) is 0 Å². The highest BCUT2D eigenvalue weighted by Crippen LogP contribution is 2.66. The molecule has 3 heterocycles. The highest BCUT2D eigenvalue weighted by Gasteiger charge is 2.81. The lowest BCUT2D eigenvalue weighted by atomic mass is 9.49. The van der Waals surface area contributed by atoms with Gasteiger partial charge in [0.15, 0.2) is 25.8 Å². The molecular formula is C34H46O10Si. The fraction of sp³-hybridized carbons (Fsp3) is 0.647. The Morgan fingerprint density at radius 1 is 1.07 bits per heavy atom. The van der Waals surface area contributed by atoms with E-state index in [-0.39, 0.29) is 24.2 Å². The molecule has 4 aliphatic rings. The Balaban J connectivity index is 1.81. The van der Waals surface area contributed by atoms with Crippen molar-refractivity contribution in [3.63, 3.8) is 0 Å². The van der Waals surface area contributed by atoms with Crippen molar-refractivity contribution < 1.29 is 47.7 Å². The predicted molar refractivity (Wildman–Crippen MR) is 166 cm³/mol. The van der Waals surface area contributed by atoms with E-state index in [1.807, 2.05) is 0 Å². The maximum atomic E-state index is 15.2. The number of hydrogen-bond acceptors (Lipinski definition) is 10. The minimum atomic E-state index is -2.37. The maximum absolute atomic E-state index is 15.2. The number of benzene rings is 1. The number of carbonyl (C=O) groups is 4. The smallest absolute Gasteiger partial charge is 0.338 e. The van der Waals surface area contributed by atoms with Crippen molar-refractivity contribution in [3.05, 3.63) is 47.0 Å². The number of ketones is 1. The van der Waals surface area contributed by atoms with Gasteiger partial charge in [0.25, 0.3) is 0 Å². The predicted octanol–water partition coefficient (Wildman–Crippen LogP) is 4.54. The summed E-state index contributed by atoms with van der Waals surface area (Å²) >= 11 is 0. The van der Waals surface area contributed by atoms with Crippen molar-refractivity contribution in [3.8, 4) is 0 Å². The van der Waals surface area contributed by atoms with Gasteiger partial charge < -0.3 is 28.5 Å². The van der Waals surface area contributed by atoms with Crippen LogP contribution in [0.1, 0.15) is 72.2 Å². The van der Waals surface area contributed by atoms with Gasteiger partial charge in [0.05, 0.1) is 29.6 Å². The van der Waals surface area contributed by atoms with Crippen LogP contribution < -0.4 is 0 Å². The molecule has 1 aliphatic carbocycles. The summed E-state index contributed by atoms with van der Waals surface area (Å²) in [5.74, 6) is -5.17. The van der Waals surface area contributed by atoms with Gasteiger partial charge in [-0.3, -0.25) is 14.4 Å². The molecule has 4 fully saturated rings. The number of Topliss-reactive ketones (excluding diaryl/α,β-unsaturated/α-hetero) is 1. The largest absolute Gasteiger partial charge is 0.453 e. The topological polar surface area (TPSA) is 135 Å². The molecule has 10 nitrogen and oxygen atoms in total. The Hall–Kier alpha value is -2.70. The summed E-state index contributed by atoms with van der Waals surface area (Å²) in [6, 6.07) is 10.8. The van der Waals surface area contributed by atoms with Crippen LogP contribution in [0.25, 0.3) is 0 Å². The standard InChI is InChI=1S/C34H46O10Si/c1-9-45(10-2,11-3)44-23-17-24-33(19-40-24,42-21(5)36)27-29(41-30(38)22-15-13-12-14-16-22)34(39)31(6,7)25(20(4)18-35)26(43-34)28(37)32(23,27)8/h12-16,18,23-24,26-27,29,39H,9-11,17,19H2,1-8H3/b25-20-/t23-,24+,26+,27?,29?,32+,33-,34+/m0/s1.